The Morgan fingerprint density at radius 1 is 1.14 bits per heavy atom. The molecule has 0 aliphatic heterocycles. The van der Waals surface area contributed by atoms with E-state index in [1.165, 1.54) is 25.7 Å². The minimum Gasteiger partial charge on any atom is -0.379 e. The molecule has 0 aliphatic carbocycles. The van der Waals surface area contributed by atoms with Gasteiger partial charge in [0.25, 0.3) is 0 Å². The number of hydrogen-bond acceptors (Lipinski definition) is 2. The summed E-state index contributed by atoms with van der Waals surface area (Å²) in [5, 5.41) is 0. The fourth-order valence-electron chi connectivity index (χ4n) is 1.55. The van der Waals surface area contributed by atoms with Crippen molar-refractivity contribution in [2.75, 3.05) is 13.7 Å². The highest BCUT2D eigenvalue weighted by atomic mass is 16.5. The Hall–Kier alpha value is -0.0800. The highest BCUT2D eigenvalue weighted by Crippen LogP contribution is 2.12. The van der Waals surface area contributed by atoms with Crippen molar-refractivity contribution in [2.45, 2.75) is 58.2 Å². The molecule has 0 rings (SSSR count). The average Bonchev–Trinajstić information content (AvgIpc) is 2.18. The normalized spacial score (nSPS) is 15.4. The van der Waals surface area contributed by atoms with E-state index < -0.39 is 0 Å². The summed E-state index contributed by atoms with van der Waals surface area (Å²) in [6.07, 6.45) is 6.29. The molecule has 2 heteroatoms. The first kappa shape index (κ1) is 13.9. The van der Waals surface area contributed by atoms with Crippen molar-refractivity contribution in [3.63, 3.8) is 0 Å². The Bertz CT molecular complexity index is 115. The standard InChI is InChI=1S/C12H25O2/c1-5-7-8-9-10-12(13-4)11(3)14-6-2/h11-12H,3,5-10H2,1-2,4H3. The molecule has 2 nitrogen and oxygen atoms in total. The number of rotatable bonds is 9. The number of hydrogen-bond donors (Lipinski definition) is 0. The highest BCUT2D eigenvalue weighted by molar-refractivity contribution is 4.72. The maximum absolute atomic E-state index is 5.42. The minimum atomic E-state index is -0.0216. The van der Waals surface area contributed by atoms with Crippen LogP contribution in [0.15, 0.2) is 0 Å². The fourth-order valence-corrected chi connectivity index (χ4v) is 1.55. The van der Waals surface area contributed by atoms with E-state index in [4.69, 9.17) is 9.47 Å². The quantitative estimate of drug-likeness (QED) is 0.533. The number of ether oxygens (including phenoxy) is 2. The second-order valence-corrected chi connectivity index (χ2v) is 3.62. The molecule has 85 valence electrons. The summed E-state index contributed by atoms with van der Waals surface area (Å²) in [6.45, 7) is 8.87. The molecule has 0 bridgehead atoms. The van der Waals surface area contributed by atoms with Crippen LogP contribution >= 0.6 is 0 Å². The summed E-state index contributed by atoms with van der Waals surface area (Å²) < 4.78 is 10.8. The van der Waals surface area contributed by atoms with Gasteiger partial charge in [-0.3, -0.25) is 0 Å². The summed E-state index contributed by atoms with van der Waals surface area (Å²) in [6, 6.07) is 0. The first-order chi connectivity index (χ1) is 6.76. The summed E-state index contributed by atoms with van der Waals surface area (Å²) in [4.78, 5) is 0. The smallest absolute Gasteiger partial charge is 0.0837 e. The van der Waals surface area contributed by atoms with Gasteiger partial charge in [0.05, 0.1) is 12.2 Å². The highest BCUT2D eigenvalue weighted by Gasteiger charge is 2.15. The van der Waals surface area contributed by atoms with Crippen molar-refractivity contribution < 1.29 is 9.47 Å². The number of unbranched alkanes of at least 4 members (excludes halogenated alkanes) is 3. The third-order valence-electron chi connectivity index (χ3n) is 2.44. The van der Waals surface area contributed by atoms with E-state index in [0.717, 1.165) is 6.42 Å². The van der Waals surface area contributed by atoms with Crippen LogP contribution in [0.3, 0.4) is 0 Å². The monoisotopic (exact) mass is 201 g/mol. The van der Waals surface area contributed by atoms with Crippen LogP contribution in [-0.2, 0) is 9.47 Å². The molecule has 0 saturated heterocycles. The van der Waals surface area contributed by atoms with E-state index in [-0.39, 0.29) is 12.2 Å². The lowest BCUT2D eigenvalue weighted by Gasteiger charge is -2.22. The third-order valence-corrected chi connectivity index (χ3v) is 2.44. The Kier molecular flexibility index (Phi) is 9.42. The molecule has 0 amide bonds. The molecule has 0 saturated carbocycles. The topological polar surface area (TPSA) is 18.5 Å². The SMILES string of the molecule is [CH2]C(OCC)C(CCCCCC)OC. The van der Waals surface area contributed by atoms with Gasteiger partial charge in [0.15, 0.2) is 0 Å². The predicted octanol–water partition coefficient (Wildman–Crippen LogP) is 3.21. The largest absolute Gasteiger partial charge is 0.379 e. The van der Waals surface area contributed by atoms with Crippen LogP contribution in [0.25, 0.3) is 0 Å². The Balaban J connectivity index is 3.56. The maximum atomic E-state index is 5.42. The minimum absolute atomic E-state index is 0.0216. The van der Waals surface area contributed by atoms with Gasteiger partial charge in [-0.05, 0) is 20.3 Å². The molecule has 2 unspecified atom stereocenters. The van der Waals surface area contributed by atoms with E-state index in [1.807, 2.05) is 6.92 Å². The summed E-state index contributed by atoms with van der Waals surface area (Å²) in [5.41, 5.74) is 0. The van der Waals surface area contributed by atoms with Crippen molar-refractivity contribution in [1.29, 1.82) is 0 Å². The molecular formula is C12H25O2. The van der Waals surface area contributed by atoms with Crippen molar-refractivity contribution >= 4 is 0 Å². The molecular weight excluding hydrogens is 176 g/mol. The van der Waals surface area contributed by atoms with E-state index in [0.29, 0.717) is 6.61 Å². The van der Waals surface area contributed by atoms with Crippen LogP contribution < -0.4 is 0 Å². The molecule has 14 heavy (non-hydrogen) atoms. The van der Waals surface area contributed by atoms with Crippen molar-refractivity contribution in [3.05, 3.63) is 6.92 Å². The van der Waals surface area contributed by atoms with Gasteiger partial charge in [-0.2, -0.15) is 0 Å². The molecule has 0 aliphatic rings. The molecule has 0 fully saturated rings. The molecule has 0 aromatic carbocycles. The van der Waals surface area contributed by atoms with Gasteiger partial charge in [0, 0.05) is 13.7 Å². The second kappa shape index (κ2) is 9.47. The van der Waals surface area contributed by atoms with Gasteiger partial charge in [0.2, 0.25) is 0 Å². The van der Waals surface area contributed by atoms with Gasteiger partial charge in [-0.25, -0.2) is 0 Å². The first-order valence-electron chi connectivity index (χ1n) is 5.73. The van der Waals surface area contributed by atoms with Crippen molar-refractivity contribution in [2.24, 2.45) is 0 Å². The van der Waals surface area contributed by atoms with Gasteiger partial charge < -0.3 is 9.47 Å². The van der Waals surface area contributed by atoms with E-state index in [1.54, 1.807) is 7.11 Å². The first-order valence-corrected chi connectivity index (χ1v) is 5.73. The summed E-state index contributed by atoms with van der Waals surface area (Å²) >= 11 is 0. The summed E-state index contributed by atoms with van der Waals surface area (Å²) in [5.74, 6) is 0. The Morgan fingerprint density at radius 3 is 2.36 bits per heavy atom. The molecule has 0 N–H and O–H groups in total. The average molecular weight is 201 g/mol. The zero-order valence-corrected chi connectivity index (χ0v) is 9.92. The molecule has 0 heterocycles. The van der Waals surface area contributed by atoms with Gasteiger partial charge in [0.1, 0.15) is 0 Å². The van der Waals surface area contributed by atoms with Crippen molar-refractivity contribution in [1.82, 2.24) is 0 Å². The van der Waals surface area contributed by atoms with E-state index in [9.17, 15) is 0 Å². The molecule has 0 spiro atoms. The molecule has 0 aromatic rings. The molecule has 2 atom stereocenters. The second-order valence-electron chi connectivity index (χ2n) is 3.62. The lowest BCUT2D eigenvalue weighted by Crippen LogP contribution is -2.28. The van der Waals surface area contributed by atoms with Crippen LogP contribution in [0.2, 0.25) is 0 Å². The summed E-state index contributed by atoms with van der Waals surface area (Å²) in [7, 11) is 1.74. The van der Waals surface area contributed by atoms with Crippen LogP contribution in [0.1, 0.15) is 46.0 Å². The Labute approximate surface area is 89.0 Å². The van der Waals surface area contributed by atoms with Crippen molar-refractivity contribution in [3.8, 4) is 0 Å². The van der Waals surface area contributed by atoms with Crippen LogP contribution in [0, 0.1) is 6.92 Å². The third kappa shape index (κ3) is 6.39. The zero-order chi connectivity index (χ0) is 10.8. The van der Waals surface area contributed by atoms with Gasteiger partial charge >= 0.3 is 0 Å². The van der Waals surface area contributed by atoms with Gasteiger partial charge in [-0.1, -0.05) is 32.6 Å². The fraction of sp³-hybridized carbons (Fsp3) is 0.917. The Morgan fingerprint density at radius 2 is 1.86 bits per heavy atom. The van der Waals surface area contributed by atoms with Crippen LogP contribution in [-0.4, -0.2) is 25.9 Å². The lowest BCUT2D eigenvalue weighted by molar-refractivity contribution is -0.0341. The maximum Gasteiger partial charge on any atom is 0.0837 e. The molecule has 0 aromatic heterocycles. The lowest BCUT2D eigenvalue weighted by atomic mass is 10.1. The zero-order valence-electron chi connectivity index (χ0n) is 9.92. The predicted molar refractivity (Wildman–Crippen MR) is 60.3 cm³/mol. The van der Waals surface area contributed by atoms with Crippen LogP contribution in [0.5, 0.6) is 0 Å². The number of methoxy groups -OCH3 is 1. The van der Waals surface area contributed by atoms with E-state index >= 15 is 0 Å². The van der Waals surface area contributed by atoms with E-state index in [2.05, 4.69) is 13.8 Å². The van der Waals surface area contributed by atoms with Crippen LogP contribution in [0.4, 0.5) is 0 Å². The molecule has 1 radical (unpaired) electrons. The van der Waals surface area contributed by atoms with Gasteiger partial charge in [-0.15, -0.1) is 0 Å².